The summed E-state index contributed by atoms with van der Waals surface area (Å²) < 4.78 is 16.8. The maximum Gasteiger partial charge on any atom is 0.306 e. The van der Waals surface area contributed by atoms with E-state index in [0.717, 1.165) is 69.6 Å². The van der Waals surface area contributed by atoms with Gasteiger partial charge in [0, 0.05) is 19.3 Å². The van der Waals surface area contributed by atoms with Crippen LogP contribution in [-0.4, -0.2) is 37.2 Å². The third kappa shape index (κ3) is 46.2. The van der Waals surface area contributed by atoms with Crippen molar-refractivity contribution in [2.24, 2.45) is 11.8 Å². The van der Waals surface area contributed by atoms with Crippen molar-refractivity contribution in [1.82, 2.24) is 0 Å². The first-order valence-corrected chi connectivity index (χ1v) is 27.3. The largest absolute Gasteiger partial charge is 0.462 e. The second-order valence-electron chi connectivity index (χ2n) is 19.4. The maximum absolute atomic E-state index is 12.8. The van der Waals surface area contributed by atoms with E-state index in [1.54, 1.807) is 0 Å². The number of ether oxygens (including phenoxy) is 3. The highest BCUT2D eigenvalue weighted by Gasteiger charge is 2.19. The smallest absolute Gasteiger partial charge is 0.306 e. The molecule has 0 radical (unpaired) electrons. The Bertz CT molecular complexity index is 935. The van der Waals surface area contributed by atoms with Crippen molar-refractivity contribution in [2.45, 2.75) is 310 Å². The lowest BCUT2D eigenvalue weighted by Crippen LogP contribution is -2.30. The predicted molar refractivity (Wildman–Crippen MR) is 261 cm³/mol. The van der Waals surface area contributed by atoms with Crippen LogP contribution in [0.4, 0.5) is 0 Å². The molecule has 0 aliphatic heterocycles. The van der Waals surface area contributed by atoms with E-state index in [1.807, 2.05) is 0 Å². The summed E-state index contributed by atoms with van der Waals surface area (Å²) in [6.45, 7) is 11.4. The molecule has 0 aromatic heterocycles. The number of carbonyl (C=O) groups excluding carboxylic acids is 3. The summed E-state index contributed by atoms with van der Waals surface area (Å²) in [6, 6.07) is 0. The van der Waals surface area contributed by atoms with Gasteiger partial charge in [-0.1, -0.05) is 266 Å². The Morgan fingerprint density at radius 1 is 0.328 bits per heavy atom. The lowest BCUT2D eigenvalue weighted by atomic mass is 9.99. The first kappa shape index (κ1) is 59.4. The zero-order chi connectivity index (χ0) is 44.7. The third-order valence-corrected chi connectivity index (χ3v) is 13.2. The molecule has 0 spiro atoms. The van der Waals surface area contributed by atoms with Crippen LogP contribution in [0, 0.1) is 11.8 Å². The molecule has 0 rings (SSSR count). The third-order valence-electron chi connectivity index (χ3n) is 13.2. The number of rotatable bonds is 49. The van der Waals surface area contributed by atoms with E-state index < -0.39 is 6.10 Å². The first-order valence-electron chi connectivity index (χ1n) is 27.3. The van der Waals surface area contributed by atoms with Crippen LogP contribution in [0.15, 0.2) is 0 Å². The van der Waals surface area contributed by atoms with Gasteiger partial charge in [0.2, 0.25) is 0 Å². The highest BCUT2D eigenvalue weighted by atomic mass is 16.6. The predicted octanol–water partition coefficient (Wildman–Crippen LogP) is 17.7. The van der Waals surface area contributed by atoms with Gasteiger partial charge in [-0.25, -0.2) is 0 Å². The molecule has 0 fully saturated rings. The number of unbranched alkanes of at least 4 members (excludes halogenated alkanes) is 32. The quantitative estimate of drug-likeness (QED) is 0.0344. The number of esters is 3. The van der Waals surface area contributed by atoms with Gasteiger partial charge >= 0.3 is 17.9 Å². The van der Waals surface area contributed by atoms with E-state index in [2.05, 4.69) is 34.6 Å². The highest BCUT2D eigenvalue weighted by Crippen LogP contribution is 2.18. The molecule has 0 aliphatic rings. The van der Waals surface area contributed by atoms with Crippen LogP contribution >= 0.6 is 0 Å². The molecule has 61 heavy (non-hydrogen) atoms. The van der Waals surface area contributed by atoms with Gasteiger partial charge in [0.1, 0.15) is 13.2 Å². The van der Waals surface area contributed by atoms with Crippen LogP contribution in [0.3, 0.4) is 0 Å². The van der Waals surface area contributed by atoms with Gasteiger partial charge in [-0.2, -0.15) is 0 Å². The van der Waals surface area contributed by atoms with E-state index in [0.29, 0.717) is 19.3 Å². The van der Waals surface area contributed by atoms with Gasteiger partial charge in [-0.15, -0.1) is 0 Å². The molecule has 0 saturated carbocycles. The first-order chi connectivity index (χ1) is 29.8. The van der Waals surface area contributed by atoms with E-state index >= 15 is 0 Å². The molecular formula is C55H106O6. The SMILES string of the molecule is CCCCCCCCCCCCCCCCCCCCCC(=O)OC[C@H](COC(=O)CCCCCCCCCCC(C)CC)OC(=O)CCCCCCCCCCC(C)CC. The fourth-order valence-corrected chi connectivity index (χ4v) is 8.28. The summed E-state index contributed by atoms with van der Waals surface area (Å²) in [4.78, 5) is 38.0. The molecule has 0 aromatic rings. The molecule has 0 amide bonds. The molecule has 0 aromatic carbocycles. The fraction of sp³-hybridized carbons (Fsp3) is 0.945. The topological polar surface area (TPSA) is 78.9 Å². The Labute approximate surface area is 380 Å². The zero-order valence-electron chi connectivity index (χ0n) is 41.8. The van der Waals surface area contributed by atoms with Crippen LogP contribution < -0.4 is 0 Å². The van der Waals surface area contributed by atoms with Crippen LogP contribution in [0.5, 0.6) is 0 Å². The molecule has 362 valence electrons. The highest BCUT2D eigenvalue weighted by molar-refractivity contribution is 5.71. The Kier molecular flexibility index (Phi) is 46.6. The van der Waals surface area contributed by atoms with Crippen LogP contribution in [0.1, 0.15) is 304 Å². The molecule has 0 saturated heterocycles. The summed E-state index contributed by atoms with van der Waals surface area (Å²) >= 11 is 0. The standard InChI is InChI=1S/C55H106O6/c1-6-9-10-11-12-13-14-15-16-17-18-19-20-21-22-23-30-35-40-45-53(56)59-48-52(61-55(58)47-42-37-32-27-25-29-34-39-44-51(5)8-3)49-60-54(57)46-41-36-31-26-24-28-33-38-43-50(4)7-2/h50-52H,6-49H2,1-5H3/t50?,51?,52-/m1/s1. The minimum atomic E-state index is -0.763. The Hall–Kier alpha value is -1.59. The lowest BCUT2D eigenvalue weighted by Gasteiger charge is -2.18. The Morgan fingerprint density at radius 2 is 0.574 bits per heavy atom. The van der Waals surface area contributed by atoms with Gasteiger partial charge in [0.05, 0.1) is 0 Å². The van der Waals surface area contributed by atoms with E-state index in [4.69, 9.17) is 14.2 Å². The van der Waals surface area contributed by atoms with Crippen molar-refractivity contribution < 1.29 is 28.6 Å². The molecule has 0 heterocycles. The van der Waals surface area contributed by atoms with Gasteiger partial charge in [0.15, 0.2) is 6.10 Å². The van der Waals surface area contributed by atoms with Gasteiger partial charge in [0.25, 0.3) is 0 Å². The van der Waals surface area contributed by atoms with Crippen molar-refractivity contribution in [3.63, 3.8) is 0 Å². The second kappa shape index (κ2) is 47.9. The molecule has 0 aliphatic carbocycles. The summed E-state index contributed by atoms with van der Waals surface area (Å²) in [6.07, 6.45) is 49.4. The van der Waals surface area contributed by atoms with Crippen molar-refractivity contribution in [3.8, 4) is 0 Å². The van der Waals surface area contributed by atoms with Crippen LogP contribution in [0.2, 0.25) is 0 Å². The van der Waals surface area contributed by atoms with E-state index in [1.165, 1.54) is 193 Å². The monoisotopic (exact) mass is 863 g/mol. The van der Waals surface area contributed by atoms with E-state index in [9.17, 15) is 14.4 Å². The summed E-state index contributed by atoms with van der Waals surface area (Å²) in [5.74, 6) is 0.844. The maximum atomic E-state index is 12.8. The molecular weight excluding hydrogens is 757 g/mol. The molecule has 2 unspecified atom stereocenters. The fourth-order valence-electron chi connectivity index (χ4n) is 8.28. The van der Waals surface area contributed by atoms with Crippen molar-refractivity contribution in [3.05, 3.63) is 0 Å². The average molecular weight is 863 g/mol. The van der Waals surface area contributed by atoms with Gasteiger partial charge in [-0.05, 0) is 31.1 Å². The minimum absolute atomic E-state index is 0.0641. The molecule has 6 nitrogen and oxygen atoms in total. The Balaban J connectivity index is 4.26. The Morgan fingerprint density at radius 3 is 0.852 bits per heavy atom. The number of carbonyl (C=O) groups is 3. The van der Waals surface area contributed by atoms with E-state index in [-0.39, 0.29) is 31.1 Å². The second-order valence-corrected chi connectivity index (χ2v) is 19.4. The summed E-state index contributed by atoms with van der Waals surface area (Å²) in [7, 11) is 0. The molecule has 0 N–H and O–H groups in total. The number of hydrogen-bond donors (Lipinski definition) is 0. The summed E-state index contributed by atoms with van der Waals surface area (Å²) in [5, 5.41) is 0. The average Bonchev–Trinajstić information content (AvgIpc) is 3.26. The van der Waals surface area contributed by atoms with Gasteiger partial charge < -0.3 is 14.2 Å². The minimum Gasteiger partial charge on any atom is -0.462 e. The van der Waals surface area contributed by atoms with Crippen LogP contribution in [0.25, 0.3) is 0 Å². The molecule has 6 heteroatoms. The van der Waals surface area contributed by atoms with Crippen LogP contribution in [-0.2, 0) is 28.6 Å². The molecule has 0 bridgehead atoms. The molecule has 3 atom stereocenters. The van der Waals surface area contributed by atoms with Crippen molar-refractivity contribution in [1.29, 1.82) is 0 Å². The lowest BCUT2D eigenvalue weighted by molar-refractivity contribution is -0.167. The van der Waals surface area contributed by atoms with Gasteiger partial charge in [-0.3, -0.25) is 14.4 Å². The summed E-state index contributed by atoms with van der Waals surface area (Å²) in [5.41, 5.74) is 0. The normalized spacial score (nSPS) is 12.9. The van der Waals surface area contributed by atoms with Crippen molar-refractivity contribution >= 4 is 17.9 Å². The number of hydrogen-bond acceptors (Lipinski definition) is 6. The van der Waals surface area contributed by atoms with Crippen molar-refractivity contribution in [2.75, 3.05) is 13.2 Å². The zero-order valence-corrected chi connectivity index (χ0v) is 41.8.